The summed E-state index contributed by atoms with van der Waals surface area (Å²) in [7, 11) is -3.34. The molecule has 32 heavy (non-hydrogen) atoms. The molecular formula is C25H34N2O4S. The van der Waals surface area contributed by atoms with E-state index < -0.39 is 10.0 Å². The third-order valence-corrected chi connectivity index (χ3v) is 6.70. The van der Waals surface area contributed by atoms with Crippen molar-refractivity contribution < 1.29 is 18.3 Å². The molecule has 0 aliphatic heterocycles. The molecule has 0 heterocycles. The first-order valence-corrected chi connectivity index (χ1v) is 12.8. The maximum Gasteiger partial charge on any atom is 0.229 e. The minimum Gasteiger partial charge on any atom is -0.392 e. The molecule has 0 aromatic heterocycles. The number of aliphatic hydroxyl groups is 1. The van der Waals surface area contributed by atoms with Crippen molar-refractivity contribution >= 4 is 21.6 Å². The maximum atomic E-state index is 12.9. The zero-order valence-corrected chi connectivity index (χ0v) is 20.5. The van der Waals surface area contributed by atoms with E-state index in [9.17, 15) is 18.3 Å². The molecule has 174 valence electrons. The third-order valence-electron chi connectivity index (χ3n) is 6.11. The van der Waals surface area contributed by atoms with Crippen LogP contribution < -0.4 is 10.0 Å². The van der Waals surface area contributed by atoms with Crippen LogP contribution in [0.25, 0.3) is 0 Å². The third kappa shape index (κ3) is 5.70. The number of aliphatic hydroxyl groups excluding tert-OH is 1. The van der Waals surface area contributed by atoms with Gasteiger partial charge in [-0.25, -0.2) is 8.42 Å². The number of sulfonamides is 1. The molecule has 0 saturated heterocycles. The molecule has 1 amide bonds. The fraction of sp³-hybridized carbons (Fsp3) is 0.480. The Bertz CT molecular complexity index is 1120. The topological polar surface area (TPSA) is 95.5 Å². The van der Waals surface area contributed by atoms with E-state index in [-0.39, 0.29) is 35.8 Å². The summed E-state index contributed by atoms with van der Waals surface area (Å²) in [5, 5.41) is 13.0. The maximum absolute atomic E-state index is 12.9. The Hall–Kier alpha value is -2.38. The number of amides is 1. The van der Waals surface area contributed by atoms with Crippen molar-refractivity contribution in [3.8, 4) is 0 Å². The van der Waals surface area contributed by atoms with Crippen LogP contribution in [0.1, 0.15) is 73.9 Å². The van der Waals surface area contributed by atoms with Crippen LogP contribution in [0, 0.1) is 12.8 Å². The van der Waals surface area contributed by atoms with E-state index in [4.69, 9.17) is 0 Å². The molecule has 2 aromatic carbocycles. The van der Waals surface area contributed by atoms with Gasteiger partial charge in [-0.3, -0.25) is 9.52 Å². The van der Waals surface area contributed by atoms with Crippen LogP contribution in [-0.2, 0) is 26.8 Å². The quantitative estimate of drug-likeness (QED) is 0.581. The van der Waals surface area contributed by atoms with Crippen LogP contribution >= 0.6 is 0 Å². The van der Waals surface area contributed by atoms with Crippen molar-refractivity contribution in [2.45, 2.75) is 65.0 Å². The van der Waals surface area contributed by atoms with Gasteiger partial charge in [0, 0.05) is 5.92 Å². The molecule has 0 radical (unpaired) electrons. The highest BCUT2D eigenvalue weighted by molar-refractivity contribution is 7.92. The molecule has 3 N–H and O–H groups in total. The van der Waals surface area contributed by atoms with Crippen LogP contribution in [0.5, 0.6) is 0 Å². The minimum absolute atomic E-state index is 0.00211. The summed E-state index contributed by atoms with van der Waals surface area (Å²) in [6.45, 7) is 10.1. The molecule has 0 bridgehead atoms. The van der Waals surface area contributed by atoms with Crippen molar-refractivity contribution in [1.82, 2.24) is 5.32 Å². The Kier molecular flexibility index (Phi) is 6.72. The predicted molar refractivity (Wildman–Crippen MR) is 128 cm³/mol. The van der Waals surface area contributed by atoms with Gasteiger partial charge in [0.15, 0.2) is 0 Å². The standard InChI is InChI=1S/C25H34N2O4S/c1-15-11-17(7-10-23(15)27-32(6,30)31)16(2)26-24(29)22-13-21(22)20-9-8-19(25(3,4)5)12-18(20)14-28/h7-12,16,21-22,27-28H,13-14H2,1-6H3,(H,26,29)/t16-,21?,22?/m1/s1. The van der Waals surface area contributed by atoms with E-state index in [2.05, 4.69) is 49.0 Å². The molecule has 2 unspecified atom stereocenters. The fourth-order valence-corrected chi connectivity index (χ4v) is 4.70. The number of carbonyl (C=O) groups is 1. The van der Waals surface area contributed by atoms with E-state index in [1.807, 2.05) is 26.0 Å². The molecular weight excluding hydrogens is 424 g/mol. The zero-order chi connectivity index (χ0) is 23.8. The molecule has 1 aliphatic carbocycles. The van der Waals surface area contributed by atoms with Crippen molar-refractivity contribution in [1.29, 1.82) is 0 Å². The van der Waals surface area contributed by atoms with Gasteiger partial charge in [-0.2, -0.15) is 0 Å². The largest absolute Gasteiger partial charge is 0.392 e. The van der Waals surface area contributed by atoms with Gasteiger partial charge < -0.3 is 10.4 Å². The second kappa shape index (κ2) is 8.87. The van der Waals surface area contributed by atoms with Crippen LogP contribution in [0.4, 0.5) is 5.69 Å². The van der Waals surface area contributed by atoms with Crippen LogP contribution in [0.3, 0.4) is 0 Å². The van der Waals surface area contributed by atoms with Gasteiger partial charge in [-0.1, -0.05) is 51.1 Å². The first-order chi connectivity index (χ1) is 14.8. The SMILES string of the molecule is Cc1cc([C@@H](C)NC(=O)C2CC2c2ccc(C(C)(C)C)cc2CO)ccc1NS(C)(=O)=O. The summed E-state index contributed by atoms with van der Waals surface area (Å²) in [4.78, 5) is 12.9. The lowest BCUT2D eigenvalue weighted by molar-refractivity contribution is -0.123. The van der Waals surface area contributed by atoms with E-state index >= 15 is 0 Å². The number of aryl methyl sites for hydroxylation is 1. The first-order valence-electron chi connectivity index (χ1n) is 10.9. The average molecular weight is 459 g/mol. The van der Waals surface area contributed by atoms with E-state index in [0.29, 0.717) is 5.69 Å². The molecule has 7 heteroatoms. The fourth-order valence-electron chi connectivity index (χ4n) is 4.07. The summed E-state index contributed by atoms with van der Waals surface area (Å²) in [5.41, 5.74) is 5.37. The highest BCUT2D eigenvalue weighted by atomic mass is 32.2. The lowest BCUT2D eigenvalue weighted by Crippen LogP contribution is -2.28. The molecule has 1 aliphatic rings. The molecule has 6 nitrogen and oxygen atoms in total. The Morgan fingerprint density at radius 3 is 2.44 bits per heavy atom. The van der Waals surface area contributed by atoms with Crippen LogP contribution in [0.15, 0.2) is 36.4 Å². The van der Waals surface area contributed by atoms with Gasteiger partial charge in [-0.05, 0) is 65.5 Å². The Labute approximate surface area is 191 Å². The lowest BCUT2D eigenvalue weighted by atomic mass is 9.84. The Morgan fingerprint density at radius 1 is 1.19 bits per heavy atom. The van der Waals surface area contributed by atoms with Crippen molar-refractivity contribution in [3.63, 3.8) is 0 Å². The smallest absolute Gasteiger partial charge is 0.229 e. The van der Waals surface area contributed by atoms with Crippen molar-refractivity contribution in [2.24, 2.45) is 5.92 Å². The highest BCUT2D eigenvalue weighted by Crippen LogP contribution is 2.49. The van der Waals surface area contributed by atoms with Gasteiger partial charge in [0.25, 0.3) is 0 Å². The predicted octanol–water partition coefficient (Wildman–Crippen LogP) is 4.14. The second-order valence-corrected chi connectivity index (χ2v) is 11.7. The molecule has 3 atom stereocenters. The van der Waals surface area contributed by atoms with Gasteiger partial charge in [0.05, 0.1) is 24.6 Å². The highest BCUT2D eigenvalue weighted by Gasteiger charge is 2.45. The number of hydrogen-bond donors (Lipinski definition) is 3. The van der Waals surface area contributed by atoms with E-state index in [1.54, 1.807) is 6.07 Å². The van der Waals surface area contributed by atoms with Gasteiger partial charge in [-0.15, -0.1) is 0 Å². The van der Waals surface area contributed by atoms with Crippen LogP contribution in [0.2, 0.25) is 0 Å². The normalized spacial score (nSPS) is 19.3. The Balaban J connectivity index is 1.67. The number of hydrogen-bond acceptors (Lipinski definition) is 4. The van der Waals surface area contributed by atoms with E-state index in [1.165, 1.54) is 5.56 Å². The molecule has 0 spiro atoms. The summed E-state index contributed by atoms with van der Waals surface area (Å²) in [6, 6.07) is 11.4. The molecule has 1 saturated carbocycles. The number of nitrogens with one attached hydrogen (secondary N) is 2. The minimum atomic E-state index is -3.34. The van der Waals surface area contributed by atoms with E-state index in [0.717, 1.165) is 34.9 Å². The summed E-state index contributed by atoms with van der Waals surface area (Å²) in [5.74, 6) is 0.0271. The molecule has 1 fully saturated rings. The molecule has 2 aromatic rings. The second-order valence-electron chi connectivity index (χ2n) is 9.95. The van der Waals surface area contributed by atoms with Gasteiger partial charge in [0.1, 0.15) is 0 Å². The first kappa shape index (κ1) is 24.3. The molecule has 3 rings (SSSR count). The number of carbonyl (C=O) groups excluding carboxylic acids is 1. The zero-order valence-electron chi connectivity index (χ0n) is 19.7. The number of rotatable bonds is 7. The van der Waals surface area contributed by atoms with Crippen molar-refractivity contribution in [3.05, 3.63) is 64.2 Å². The van der Waals surface area contributed by atoms with Crippen LogP contribution in [-0.4, -0.2) is 25.7 Å². The lowest BCUT2D eigenvalue weighted by Gasteiger charge is -2.21. The summed E-state index contributed by atoms with van der Waals surface area (Å²) >= 11 is 0. The summed E-state index contributed by atoms with van der Waals surface area (Å²) < 4.78 is 25.4. The summed E-state index contributed by atoms with van der Waals surface area (Å²) in [6.07, 6.45) is 1.89. The monoisotopic (exact) mass is 458 g/mol. The average Bonchev–Trinajstić information content (AvgIpc) is 3.48. The van der Waals surface area contributed by atoms with Gasteiger partial charge in [0.2, 0.25) is 15.9 Å². The van der Waals surface area contributed by atoms with Crippen molar-refractivity contribution in [2.75, 3.05) is 11.0 Å². The number of anilines is 1. The number of benzene rings is 2. The Morgan fingerprint density at radius 2 is 1.88 bits per heavy atom. The van der Waals surface area contributed by atoms with Gasteiger partial charge >= 0.3 is 0 Å².